The van der Waals surface area contributed by atoms with Gasteiger partial charge in [-0.2, -0.15) is 0 Å². The Morgan fingerprint density at radius 1 is 1.40 bits per heavy atom. The number of aliphatic hydroxyl groups excluding tert-OH is 1. The normalized spacial score (nSPS) is 26.7. The van der Waals surface area contributed by atoms with E-state index in [1.165, 1.54) is 0 Å². The van der Waals surface area contributed by atoms with Crippen molar-refractivity contribution in [2.45, 2.75) is 26.4 Å². The maximum atomic E-state index is 9.77. The first-order chi connectivity index (χ1) is 7.16. The molecule has 0 aliphatic carbocycles. The number of aryl methyl sites for hydroxylation is 1. The first kappa shape index (κ1) is 10.4. The zero-order valence-corrected chi connectivity index (χ0v) is 9.22. The van der Waals surface area contributed by atoms with Crippen molar-refractivity contribution in [3.8, 4) is 0 Å². The van der Waals surface area contributed by atoms with Gasteiger partial charge in [-0.25, -0.2) is 9.97 Å². The van der Waals surface area contributed by atoms with Crippen molar-refractivity contribution in [1.29, 1.82) is 0 Å². The molecule has 0 radical (unpaired) electrons. The average Bonchev–Trinajstić information content (AvgIpc) is 2.23. The average molecular weight is 207 g/mol. The van der Waals surface area contributed by atoms with Crippen LogP contribution in [0.25, 0.3) is 0 Å². The highest BCUT2D eigenvalue weighted by Gasteiger charge is 2.25. The number of hydrogen-bond donors (Lipinski definition) is 1. The second-order valence-corrected chi connectivity index (χ2v) is 4.34. The molecule has 2 atom stereocenters. The fourth-order valence-corrected chi connectivity index (χ4v) is 1.78. The van der Waals surface area contributed by atoms with Gasteiger partial charge in [-0.3, -0.25) is 0 Å². The van der Waals surface area contributed by atoms with Gasteiger partial charge in [0.2, 0.25) is 5.95 Å². The predicted octanol–water partition coefficient (Wildman–Crippen LogP) is 0.992. The lowest BCUT2D eigenvalue weighted by Crippen LogP contribution is -2.43. The summed E-state index contributed by atoms with van der Waals surface area (Å²) in [6.07, 6.45) is 4.36. The summed E-state index contributed by atoms with van der Waals surface area (Å²) in [4.78, 5) is 10.6. The van der Waals surface area contributed by atoms with E-state index in [1.807, 2.05) is 24.2 Å². The molecule has 2 unspecified atom stereocenters. The summed E-state index contributed by atoms with van der Waals surface area (Å²) < 4.78 is 0. The van der Waals surface area contributed by atoms with Gasteiger partial charge in [-0.15, -0.1) is 0 Å². The molecule has 1 aromatic rings. The molecule has 4 heteroatoms. The zero-order chi connectivity index (χ0) is 10.8. The minimum Gasteiger partial charge on any atom is -0.391 e. The van der Waals surface area contributed by atoms with Gasteiger partial charge in [-0.05, 0) is 24.8 Å². The molecule has 82 valence electrons. The second kappa shape index (κ2) is 4.14. The van der Waals surface area contributed by atoms with E-state index in [4.69, 9.17) is 0 Å². The Morgan fingerprint density at radius 2 is 2.07 bits per heavy atom. The summed E-state index contributed by atoms with van der Waals surface area (Å²) in [6, 6.07) is 0. The molecule has 0 aromatic carbocycles. The number of aliphatic hydroxyl groups is 1. The van der Waals surface area contributed by atoms with E-state index < -0.39 is 0 Å². The number of β-amino-alcohol motifs (C(OH)–C–C–N with tert-alkyl or cyclic N) is 1. The first-order valence-corrected chi connectivity index (χ1v) is 5.38. The lowest BCUT2D eigenvalue weighted by Gasteiger charge is -2.34. The van der Waals surface area contributed by atoms with E-state index >= 15 is 0 Å². The van der Waals surface area contributed by atoms with Gasteiger partial charge in [0.05, 0.1) is 6.10 Å². The van der Waals surface area contributed by atoms with Gasteiger partial charge in [0, 0.05) is 25.5 Å². The number of nitrogens with zero attached hydrogens (tertiary/aromatic N) is 3. The predicted molar refractivity (Wildman–Crippen MR) is 58.8 cm³/mol. The largest absolute Gasteiger partial charge is 0.391 e. The SMILES string of the molecule is Cc1cnc(N2CCC(C)C(O)C2)nc1. The Hall–Kier alpha value is -1.16. The molecule has 1 aromatic heterocycles. The summed E-state index contributed by atoms with van der Waals surface area (Å²) >= 11 is 0. The van der Waals surface area contributed by atoms with Gasteiger partial charge in [0.1, 0.15) is 0 Å². The van der Waals surface area contributed by atoms with Crippen LogP contribution in [0.4, 0.5) is 5.95 Å². The number of piperidine rings is 1. The maximum Gasteiger partial charge on any atom is 0.225 e. The van der Waals surface area contributed by atoms with Crippen molar-refractivity contribution in [2.24, 2.45) is 5.92 Å². The summed E-state index contributed by atoms with van der Waals surface area (Å²) in [7, 11) is 0. The first-order valence-electron chi connectivity index (χ1n) is 5.38. The summed E-state index contributed by atoms with van der Waals surface area (Å²) in [5.41, 5.74) is 1.06. The van der Waals surface area contributed by atoms with Crippen LogP contribution in [0, 0.1) is 12.8 Å². The fraction of sp³-hybridized carbons (Fsp3) is 0.636. The molecule has 0 spiro atoms. The van der Waals surface area contributed by atoms with E-state index in [0.717, 1.165) is 24.5 Å². The molecule has 0 bridgehead atoms. The Labute approximate surface area is 90.0 Å². The Morgan fingerprint density at radius 3 is 2.67 bits per heavy atom. The Balaban J connectivity index is 2.08. The minimum absolute atomic E-state index is 0.261. The highest BCUT2D eigenvalue weighted by Crippen LogP contribution is 2.20. The summed E-state index contributed by atoms with van der Waals surface area (Å²) in [6.45, 7) is 5.63. The third-order valence-corrected chi connectivity index (χ3v) is 2.97. The monoisotopic (exact) mass is 207 g/mol. The molecule has 1 fully saturated rings. The van der Waals surface area contributed by atoms with Crippen LogP contribution in [0.15, 0.2) is 12.4 Å². The van der Waals surface area contributed by atoms with Gasteiger partial charge in [-0.1, -0.05) is 6.92 Å². The lowest BCUT2D eigenvalue weighted by atomic mass is 9.96. The maximum absolute atomic E-state index is 9.77. The third-order valence-electron chi connectivity index (χ3n) is 2.97. The van der Waals surface area contributed by atoms with Crippen LogP contribution in [-0.4, -0.2) is 34.3 Å². The molecule has 0 amide bonds. The van der Waals surface area contributed by atoms with Gasteiger partial charge in [0.25, 0.3) is 0 Å². The van der Waals surface area contributed by atoms with Crippen molar-refractivity contribution >= 4 is 5.95 Å². The van der Waals surface area contributed by atoms with Crippen LogP contribution in [-0.2, 0) is 0 Å². The van der Waals surface area contributed by atoms with E-state index in [2.05, 4.69) is 16.9 Å². The van der Waals surface area contributed by atoms with Gasteiger partial charge in [0.15, 0.2) is 0 Å². The molecule has 1 aliphatic heterocycles. The number of anilines is 1. The smallest absolute Gasteiger partial charge is 0.225 e. The van der Waals surface area contributed by atoms with E-state index in [-0.39, 0.29) is 6.10 Å². The molecule has 2 heterocycles. The van der Waals surface area contributed by atoms with Crippen LogP contribution >= 0.6 is 0 Å². The van der Waals surface area contributed by atoms with E-state index in [0.29, 0.717) is 12.5 Å². The van der Waals surface area contributed by atoms with Crippen molar-refractivity contribution in [2.75, 3.05) is 18.0 Å². The third kappa shape index (κ3) is 2.26. The molecule has 4 nitrogen and oxygen atoms in total. The van der Waals surface area contributed by atoms with Gasteiger partial charge < -0.3 is 10.0 Å². The number of rotatable bonds is 1. The quantitative estimate of drug-likeness (QED) is 0.746. The van der Waals surface area contributed by atoms with E-state index in [1.54, 1.807) is 0 Å². The molecule has 1 saturated heterocycles. The standard InChI is InChI=1S/C11H17N3O/c1-8-5-12-11(13-6-8)14-4-3-9(2)10(15)7-14/h5-6,9-10,15H,3-4,7H2,1-2H3. The topological polar surface area (TPSA) is 49.2 Å². The minimum atomic E-state index is -0.261. The molecule has 2 rings (SSSR count). The highest BCUT2D eigenvalue weighted by atomic mass is 16.3. The summed E-state index contributed by atoms with van der Waals surface area (Å²) in [5, 5.41) is 9.77. The van der Waals surface area contributed by atoms with Crippen molar-refractivity contribution in [1.82, 2.24) is 9.97 Å². The molecule has 1 aliphatic rings. The Bertz CT molecular complexity index is 325. The molecule has 0 saturated carbocycles. The number of hydrogen-bond acceptors (Lipinski definition) is 4. The number of aromatic nitrogens is 2. The van der Waals surface area contributed by atoms with Crippen LogP contribution in [0.1, 0.15) is 18.9 Å². The highest BCUT2D eigenvalue weighted by molar-refractivity contribution is 5.30. The van der Waals surface area contributed by atoms with Gasteiger partial charge >= 0.3 is 0 Å². The van der Waals surface area contributed by atoms with Crippen LogP contribution in [0.3, 0.4) is 0 Å². The molecular weight excluding hydrogens is 190 g/mol. The molecule has 15 heavy (non-hydrogen) atoms. The molecule has 1 N–H and O–H groups in total. The lowest BCUT2D eigenvalue weighted by molar-refractivity contribution is 0.102. The Kier molecular flexibility index (Phi) is 2.86. The van der Waals surface area contributed by atoms with Crippen molar-refractivity contribution in [3.05, 3.63) is 18.0 Å². The summed E-state index contributed by atoms with van der Waals surface area (Å²) in [5.74, 6) is 1.11. The van der Waals surface area contributed by atoms with Crippen molar-refractivity contribution < 1.29 is 5.11 Å². The van der Waals surface area contributed by atoms with Crippen LogP contribution in [0.5, 0.6) is 0 Å². The van der Waals surface area contributed by atoms with Crippen molar-refractivity contribution in [3.63, 3.8) is 0 Å². The van der Waals surface area contributed by atoms with E-state index in [9.17, 15) is 5.11 Å². The van der Waals surface area contributed by atoms with Crippen LogP contribution < -0.4 is 4.90 Å². The second-order valence-electron chi connectivity index (χ2n) is 4.34. The molecular formula is C11H17N3O. The zero-order valence-electron chi connectivity index (χ0n) is 9.22. The van der Waals surface area contributed by atoms with Crippen LogP contribution in [0.2, 0.25) is 0 Å². The fourth-order valence-electron chi connectivity index (χ4n) is 1.78.